The standard InChI is InChI=1S/C10H10N2.C2H6/c1-7-2-3-8-9(11)4-5-12-10(8)6-7;1-2/h2-6H,1H3,(H2,11,12);1-2H3. The van der Waals surface area contributed by atoms with Crippen LogP contribution in [0.25, 0.3) is 10.9 Å². The van der Waals surface area contributed by atoms with Gasteiger partial charge in [0, 0.05) is 17.3 Å². The second kappa shape index (κ2) is 4.61. The van der Waals surface area contributed by atoms with Crippen molar-refractivity contribution in [3.05, 3.63) is 36.0 Å². The average Bonchev–Trinajstić information content (AvgIpc) is 2.21. The van der Waals surface area contributed by atoms with Gasteiger partial charge < -0.3 is 5.73 Å². The first-order valence-electron chi connectivity index (χ1n) is 4.88. The van der Waals surface area contributed by atoms with E-state index in [1.807, 2.05) is 45.0 Å². The van der Waals surface area contributed by atoms with Crippen molar-refractivity contribution in [3.63, 3.8) is 0 Å². The number of fused-ring (bicyclic) bond motifs is 1. The summed E-state index contributed by atoms with van der Waals surface area (Å²) >= 11 is 0. The van der Waals surface area contributed by atoms with Gasteiger partial charge >= 0.3 is 0 Å². The van der Waals surface area contributed by atoms with Gasteiger partial charge in [-0.2, -0.15) is 0 Å². The number of anilines is 1. The van der Waals surface area contributed by atoms with E-state index >= 15 is 0 Å². The van der Waals surface area contributed by atoms with E-state index in [9.17, 15) is 0 Å². The van der Waals surface area contributed by atoms with E-state index in [0.29, 0.717) is 0 Å². The summed E-state index contributed by atoms with van der Waals surface area (Å²) in [5.41, 5.74) is 8.73. The lowest BCUT2D eigenvalue weighted by molar-refractivity contribution is 1.39. The van der Waals surface area contributed by atoms with Gasteiger partial charge in [-0.3, -0.25) is 4.98 Å². The summed E-state index contributed by atoms with van der Waals surface area (Å²) < 4.78 is 0. The van der Waals surface area contributed by atoms with Crippen LogP contribution in [-0.4, -0.2) is 4.98 Å². The smallest absolute Gasteiger partial charge is 0.0725 e. The Kier molecular flexibility index (Phi) is 3.46. The zero-order valence-electron chi connectivity index (χ0n) is 8.91. The third kappa shape index (κ3) is 2.02. The van der Waals surface area contributed by atoms with Crippen molar-refractivity contribution in [3.8, 4) is 0 Å². The van der Waals surface area contributed by atoms with Crippen molar-refractivity contribution < 1.29 is 0 Å². The van der Waals surface area contributed by atoms with E-state index < -0.39 is 0 Å². The van der Waals surface area contributed by atoms with Crippen LogP contribution < -0.4 is 5.73 Å². The molecule has 2 N–H and O–H groups in total. The fraction of sp³-hybridized carbons (Fsp3) is 0.250. The molecule has 74 valence electrons. The van der Waals surface area contributed by atoms with Crippen LogP contribution in [0.15, 0.2) is 30.5 Å². The van der Waals surface area contributed by atoms with Crippen molar-refractivity contribution in [1.29, 1.82) is 0 Å². The van der Waals surface area contributed by atoms with E-state index in [2.05, 4.69) is 4.98 Å². The second-order valence-electron chi connectivity index (χ2n) is 2.92. The average molecular weight is 188 g/mol. The number of nitrogen functional groups attached to an aromatic ring is 1. The van der Waals surface area contributed by atoms with E-state index in [0.717, 1.165) is 16.6 Å². The number of hydrogen-bond donors (Lipinski definition) is 1. The van der Waals surface area contributed by atoms with E-state index in [1.54, 1.807) is 6.20 Å². The summed E-state index contributed by atoms with van der Waals surface area (Å²) in [4.78, 5) is 4.22. The molecule has 2 nitrogen and oxygen atoms in total. The van der Waals surface area contributed by atoms with Gasteiger partial charge in [0.25, 0.3) is 0 Å². The number of rotatable bonds is 0. The molecule has 0 radical (unpaired) electrons. The minimum atomic E-state index is 0.792. The maximum Gasteiger partial charge on any atom is 0.0725 e. The highest BCUT2D eigenvalue weighted by Crippen LogP contribution is 2.18. The van der Waals surface area contributed by atoms with Gasteiger partial charge in [-0.1, -0.05) is 26.0 Å². The summed E-state index contributed by atoms with van der Waals surface area (Å²) in [6, 6.07) is 7.90. The van der Waals surface area contributed by atoms with Crippen LogP contribution in [0.4, 0.5) is 5.69 Å². The number of benzene rings is 1. The predicted molar refractivity (Wildman–Crippen MR) is 62.2 cm³/mol. The Morgan fingerprint density at radius 3 is 2.57 bits per heavy atom. The third-order valence-corrected chi connectivity index (χ3v) is 1.93. The van der Waals surface area contributed by atoms with Gasteiger partial charge in [0.05, 0.1) is 5.52 Å². The maximum atomic E-state index is 5.77. The minimum Gasteiger partial charge on any atom is -0.398 e. The normalized spacial score (nSPS) is 9.36. The highest BCUT2D eigenvalue weighted by molar-refractivity contribution is 5.89. The molecule has 0 unspecified atom stereocenters. The van der Waals surface area contributed by atoms with Crippen LogP contribution in [0.1, 0.15) is 19.4 Å². The van der Waals surface area contributed by atoms with Crippen LogP contribution >= 0.6 is 0 Å². The number of aryl methyl sites for hydroxylation is 1. The Hall–Kier alpha value is -1.57. The van der Waals surface area contributed by atoms with Gasteiger partial charge in [0.15, 0.2) is 0 Å². The minimum absolute atomic E-state index is 0.792. The Morgan fingerprint density at radius 1 is 1.14 bits per heavy atom. The fourth-order valence-corrected chi connectivity index (χ4v) is 1.28. The molecule has 0 saturated carbocycles. The lowest BCUT2D eigenvalue weighted by Gasteiger charge is -2.00. The van der Waals surface area contributed by atoms with Crippen LogP contribution in [0, 0.1) is 6.92 Å². The van der Waals surface area contributed by atoms with Crippen molar-refractivity contribution in [2.75, 3.05) is 5.73 Å². The van der Waals surface area contributed by atoms with Crippen molar-refractivity contribution >= 4 is 16.6 Å². The second-order valence-corrected chi connectivity index (χ2v) is 2.92. The van der Waals surface area contributed by atoms with Crippen LogP contribution in [0.3, 0.4) is 0 Å². The maximum absolute atomic E-state index is 5.77. The fourth-order valence-electron chi connectivity index (χ4n) is 1.28. The summed E-state index contributed by atoms with van der Waals surface area (Å²) in [5.74, 6) is 0. The Balaban J connectivity index is 0.000000461. The van der Waals surface area contributed by atoms with E-state index in [-0.39, 0.29) is 0 Å². The zero-order chi connectivity index (χ0) is 10.6. The van der Waals surface area contributed by atoms with E-state index in [4.69, 9.17) is 5.73 Å². The number of nitrogens with zero attached hydrogens (tertiary/aromatic N) is 1. The first-order chi connectivity index (χ1) is 6.77. The van der Waals surface area contributed by atoms with Crippen molar-refractivity contribution in [2.45, 2.75) is 20.8 Å². The van der Waals surface area contributed by atoms with Crippen molar-refractivity contribution in [2.24, 2.45) is 0 Å². The first-order valence-corrected chi connectivity index (χ1v) is 4.88. The highest BCUT2D eigenvalue weighted by Gasteiger charge is 1.96. The molecule has 1 aromatic carbocycles. The quantitative estimate of drug-likeness (QED) is 0.689. The van der Waals surface area contributed by atoms with Crippen molar-refractivity contribution in [1.82, 2.24) is 4.98 Å². The number of aromatic nitrogens is 1. The summed E-state index contributed by atoms with van der Waals surface area (Å²) in [6.45, 7) is 6.05. The van der Waals surface area contributed by atoms with Gasteiger partial charge in [-0.05, 0) is 24.6 Å². The lowest BCUT2D eigenvalue weighted by atomic mass is 10.1. The van der Waals surface area contributed by atoms with Gasteiger partial charge in [0.1, 0.15) is 0 Å². The van der Waals surface area contributed by atoms with E-state index in [1.165, 1.54) is 5.56 Å². The summed E-state index contributed by atoms with van der Waals surface area (Å²) in [6.07, 6.45) is 1.73. The molecule has 0 spiro atoms. The molecule has 0 atom stereocenters. The molecule has 2 heteroatoms. The van der Waals surface area contributed by atoms with Gasteiger partial charge in [0.2, 0.25) is 0 Å². The van der Waals surface area contributed by atoms with Crippen LogP contribution in [0.2, 0.25) is 0 Å². The topological polar surface area (TPSA) is 38.9 Å². The lowest BCUT2D eigenvalue weighted by Crippen LogP contribution is -1.88. The molecule has 0 aliphatic carbocycles. The van der Waals surface area contributed by atoms with Gasteiger partial charge in [-0.25, -0.2) is 0 Å². The molecule has 1 aromatic heterocycles. The van der Waals surface area contributed by atoms with Gasteiger partial charge in [-0.15, -0.1) is 0 Å². The number of nitrogens with two attached hydrogens (primary N) is 1. The number of pyridine rings is 1. The monoisotopic (exact) mass is 188 g/mol. The molecule has 0 fully saturated rings. The molecular formula is C12H16N2. The molecule has 0 saturated heterocycles. The molecule has 0 bridgehead atoms. The molecule has 0 aliphatic heterocycles. The summed E-state index contributed by atoms with van der Waals surface area (Å²) in [5, 5.41) is 1.03. The molecule has 2 rings (SSSR count). The van der Waals surface area contributed by atoms with Crippen LogP contribution in [0.5, 0.6) is 0 Å². The number of hydrogen-bond acceptors (Lipinski definition) is 2. The largest absolute Gasteiger partial charge is 0.398 e. The molecule has 0 aliphatic rings. The molecule has 14 heavy (non-hydrogen) atoms. The predicted octanol–water partition coefficient (Wildman–Crippen LogP) is 3.15. The Labute approximate surface area is 84.8 Å². The first kappa shape index (κ1) is 10.5. The molecule has 0 amide bonds. The van der Waals surface area contributed by atoms with Crippen LogP contribution in [-0.2, 0) is 0 Å². The Bertz CT molecular complexity index is 422. The molecular weight excluding hydrogens is 172 g/mol. The summed E-state index contributed by atoms with van der Waals surface area (Å²) in [7, 11) is 0. The SMILES string of the molecule is CC.Cc1ccc2c(N)ccnc2c1. The highest BCUT2D eigenvalue weighted by atomic mass is 14.7. The molecule has 2 aromatic rings. The zero-order valence-corrected chi connectivity index (χ0v) is 8.91. The Morgan fingerprint density at radius 2 is 1.86 bits per heavy atom. The third-order valence-electron chi connectivity index (χ3n) is 1.93. The molecule has 1 heterocycles.